The van der Waals surface area contributed by atoms with Gasteiger partial charge in [0.1, 0.15) is 0 Å². The van der Waals surface area contributed by atoms with Crippen LogP contribution in [0.25, 0.3) is 0 Å². The van der Waals surface area contributed by atoms with Crippen LogP contribution >= 0.6 is 11.6 Å². The fraction of sp³-hybridized carbons (Fsp3) is 0.389. The molecule has 0 unspecified atom stereocenters. The number of benzene rings is 1. The molecule has 128 valence electrons. The summed E-state index contributed by atoms with van der Waals surface area (Å²) in [7, 11) is 0. The summed E-state index contributed by atoms with van der Waals surface area (Å²) in [6, 6.07) is 5.23. The molecule has 24 heavy (non-hydrogen) atoms. The van der Waals surface area contributed by atoms with Crippen LogP contribution in [0.1, 0.15) is 53.6 Å². The lowest BCUT2D eigenvalue weighted by atomic mass is 10.1. The van der Waals surface area contributed by atoms with Crippen molar-refractivity contribution < 1.29 is 9.59 Å². The molecule has 5 nitrogen and oxygen atoms in total. The molecule has 0 saturated carbocycles. The van der Waals surface area contributed by atoms with Crippen molar-refractivity contribution in [3.05, 3.63) is 45.7 Å². The molecular weight excluding hydrogens is 326 g/mol. The van der Waals surface area contributed by atoms with Crippen LogP contribution < -0.4 is 5.32 Å². The van der Waals surface area contributed by atoms with Gasteiger partial charge in [-0.3, -0.25) is 14.3 Å². The minimum atomic E-state index is -0.156. The number of anilines is 1. The van der Waals surface area contributed by atoms with Crippen molar-refractivity contribution in [3.8, 4) is 0 Å². The van der Waals surface area contributed by atoms with E-state index in [1.807, 2.05) is 33.8 Å². The van der Waals surface area contributed by atoms with Crippen LogP contribution in [0.15, 0.2) is 18.2 Å². The van der Waals surface area contributed by atoms with E-state index in [0.717, 1.165) is 11.3 Å². The van der Waals surface area contributed by atoms with E-state index in [4.69, 9.17) is 11.6 Å². The third-order valence-electron chi connectivity index (χ3n) is 4.05. The first-order valence-electron chi connectivity index (χ1n) is 7.83. The standard InChI is InChI=1S/C18H22ClN3O2/c1-10-6-7-15(19)9-16(10)20-17(24)8-11(2)22-13(4)18(14(5)23)12(3)21-22/h6-7,9,11H,8H2,1-5H3,(H,20,24)/t11-/m1/s1. The summed E-state index contributed by atoms with van der Waals surface area (Å²) < 4.78 is 1.75. The Hall–Kier alpha value is -2.14. The normalized spacial score (nSPS) is 12.1. The number of hydrogen-bond donors (Lipinski definition) is 1. The number of nitrogens with one attached hydrogen (secondary N) is 1. The summed E-state index contributed by atoms with van der Waals surface area (Å²) in [6.07, 6.45) is 0.255. The first kappa shape index (κ1) is 18.2. The fourth-order valence-corrected chi connectivity index (χ4v) is 3.06. The summed E-state index contributed by atoms with van der Waals surface area (Å²) >= 11 is 5.98. The zero-order valence-corrected chi connectivity index (χ0v) is 15.4. The van der Waals surface area contributed by atoms with Gasteiger partial charge in [-0.1, -0.05) is 17.7 Å². The van der Waals surface area contributed by atoms with Gasteiger partial charge in [-0.05, 0) is 52.3 Å². The van der Waals surface area contributed by atoms with E-state index in [1.54, 1.807) is 16.8 Å². The molecule has 1 heterocycles. The zero-order valence-electron chi connectivity index (χ0n) is 14.6. The van der Waals surface area contributed by atoms with Crippen molar-refractivity contribution in [1.29, 1.82) is 0 Å². The highest BCUT2D eigenvalue weighted by Gasteiger charge is 2.20. The van der Waals surface area contributed by atoms with Gasteiger partial charge in [0.2, 0.25) is 5.91 Å². The van der Waals surface area contributed by atoms with E-state index in [-0.39, 0.29) is 24.2 Å². The highest BCUT2D eigenvalue weighted by atomic mass is 35.5. The molecule has 0 bridgehead atoms. The largest absolute Gasteiger partial charge is 0.326 e. The van der Waals surface area contributed by atoms with Crippen LogP contribution in [0.3, 0.4) is 0 Å². The first-order chi connectivity index (χ1) is 11.2. The second-order valence-corrected chi connectivity index (χ2v) is 6.54. The Kier molecular flexibility index (Phi) is 5.44. The van der Waals surface area contributed by atoms with Gasteiger partial charge in [-0.15, -0.1) is 0 Å². The van der Waals surface area contributed by atoms with Gasteiger partial charge in [0, 0.05) is 22.8 Å². The Morgan fingerprint density at radius 2 is 1.96 bits per heavy atom. The van der Waals surface area contributed by atoms with Crippen molar-refractivity contribution in [2.24, 2.45) is 0 Å². The highest BCUT2D eigenvalue weighted by Crippen LogP contribution is 2.23. The molecule has 1 N–H and O–H groups in total. The van der Waals surface area contributed by atoms with Gasteiger partial charge in [-0.2, -0.15) is 5.10 Å². The number of rotatable bonds is 5. The highest BCUT2D eigenvalue weighted by molar-refractivity contribution is 6.31. The van der Waals surface area contributed by atoms with Crippen molar-refractivity contribution in [3.63, 3.8) is 0 Å². The summed E-state index contributed by atoms with van der Waals surface area (Å²) in [5.74, 6) is -0.132. The number of carbonyl (C=O) groups is 2. The summed E-state index contributed by atoms with van der Waals surface area (Å²) in [4.78, 5) is 24.0. The van der Waals surface area contributed by atoms with Gasteiger partial charge in [0.25, 0.3) is 0 Å². The van der Waals surface area contributed by atoms with E-state index < -0.39 is 0 Å². The average Bonchev–Trinajstić information content (AvgIpc) is 2.77. The van der Waals surface area contributed by atoms with Crippen molar-refractivity contribution in [2.75, 3.05) is 5.32 Å². The Morgan fingerprint density at radius 3 is 2.54 bits per heavy atom. The second kappa shape index (κ2) is 7.18. The van der Waals surface area contributed by atoms with Crippen molar-refractivity contribution in [2.45, 2.75) is 47.1 Å². The lowest BCUT2D eigenvalue weighted by molar-refractivity contribution is -0.116. The van der Waals surface area contributed by atoms with E-state index in [1.165, 1.54) is 6.92 Å². The number of aryl methyl sites for hydroxylation is 2. The molecule has 0 radical (unpaired) electrons. The molecule has 0 aliphatic carbocycles. The minimum Gasteiger partial charge on any atom is -0.326 e. The minimum absolute atomic E-state index is 0.0116. The topological polar surface area (TPSA) is 64.0 Å². The Morgan fingerprint density at radius 1 is 1.29 bits per heavy atom. The van der Waals surface area contributed by atoms with E-state index in [9.17, 15) is 9.59 Å². The van der Waals surface area contributed by atoms with Crippen molar-refractivity contribution >= 4 is 29.0 Å². The molecule has 0 aliphatic rings. The molecule has 0 aliphatic heterocycles. The van der Waals surface area contributed by atoms with Crippen LogP contribution in [0.4, 0.5) is 5.69 Å². The summed E-state index contributed by atoms with van der Waals surface area (Å²) in [6.45, 7) is 9.01. The molecule has 0 spiro atoms. The number of aromatic nitrogens is 2. The maximum atomic E-state index is 12.3. The molecule has 1 aromatic carbocycles. The van der Waals surface area contributed by atoms with Gasteiger partial charge < -0.3 is 5.32 Å². The average molecular weight is 348 g/mol. The molecule has 1 atom stereocenters. The van der Waals surface area contributed by atoms with E-state index in [0.29, 0.717) is 22.0 Å². The van der Waals surface area contributed by atoms with Gasteiger partial charge in [0.15, 0.2) is 5.78 Å². The predicted molar refractivity (Wildman–Crippen MR) is 95.9 cm³/mol. The Balaban J connectivity index is 2.13. The molecule has 0 saturated heterocycles. The quantitative estimate of drug-likeness (QED) is 0.822. The number of halogens is 1. The SMILES string of the molecule is CC(=O)c1c(C)nn([C@H](C)CC(=O)Nc2cc(Cl)ccc2C)c1C. The third kappa shape index (κ3) is 3.85. The van der Waals surface area contributed by atoms with Gasteiger partial charge in [-0.25, -0.2) is 0 Å². The van der Waals surface area contributed by atoms with Crippen LogP contribution in [-0.2, 0) is 4.79 Å². The number of nitrogens with zero attached hydrogens (tertiary/aromatic N) is 2. The van der Waals surface area contributed by atoms with Crippen LogP contribution in [0.5, 0.6) is 0 Å². The maximum absolute atomic E-state index is 12.3. The van der Waals surface area contributed by atoms with Gasteiger partial charge in [0.05, 0.1) is 17.3 Å². The Bertz CT molecular complexity index is 796. The zero-order chi connectivity index (χ0) is 18.0. The lowest BCUT2D eigenvalue weighted by Crippen LogP contribution is -2.19. The predicted octanol–water partition coefficient (Wildman–Crippen LogP) is 4.25. The third-order valence-corrected chi connectivity index (χ3v) is 4.28. The molecular formula is C18H22ClN3O2. The van der Waals surface area contributed by atoms with Gasteiger partial charge >= 0.3 is 0 Å². The number of Topliss-reactive ketones (excluding diaryl/α,β-unsaturated/α-hetero) is 1. The summed E-state index contributed by atoms with van der Waals surface area (Å²) in [5.41, 5.74) is 3.77. The van der Waals surface area contributed by atoms with Crippen molar-refractivity contribution in [1.82, 2.24) is 9.78 Å². The lowest BCUT2D eigenvalue weighted by Gasteiger charge is -2.15. The molecule has 1 amide bonds. The number of hydrogen-bond acceptors (Lipinski definition) is 3. The molecule has 6 heteroatoms. The Labute approximate surface area is 147 Å². The van der Waals surface area contributed by atoms with Crippen LogP contribution in [0.2, 0.25) is 5.02 Å². The molecule has 0 fully saturated rings. The van der Waals surface area contributed by atoms with E-state index in [2.05, 4.69) is 10.4 Å². The van der Waals surface area contributed by atoms with E-state index >= 15 is 0 Å². The molecule has 2 rings (SSSR count). The summed E-state index contributed by atoms with van der Waals surface area (Å²) in [5, 5.41) is 7.88. The number of amides is 1. The smallest absolute Gasteiger partial charge is 0.226 e. The second-order valence-electron chi connectivity index (χ2n) is 6.11. The molecule has 2 aromatic rings. The maximum Gasteiger partial charge on any atom is 0.226 e. The van der Waals surface area contributed by atoms with Crippen LogP contribution in [-0.4, -0.2) is 21.5 Å². The first-order valence-corrected chi connectivity index (χ1v) is 8.21. The molecule has 1 aromatic heterocycles. The number of carbonyl (C=O) groups excluding carboxylic acids is 2. The fourth-order valence-electron chi connectivity index (χ4n) is 2.89. The monoisotopic (exact) mass is 347 g/mol. The number of ketones is 1. The van der Waals surface area contributed by atoms with Crippen LogP contribution in [0, 0.1) is 20.8 Å².